The lowest BCUT2D eigenvalue weighted by atomic mass is 10.0. The molecule has 0 spiro atoms. The van der Waals surface area contributed by atoms with E-state index in [1.54, 1.807) is 6.07 Å². The molecular weight excluding hydrogens is 251 g/mol. The molecule has 2 N–H and O–H groups in total. The van der Waals surface area contributed by atoms with Crippen molar-refractivity contribution in [1.29, 1.82) is 0 Å². The molecule has 2 nitrogen and oxygen atoms in total. The van der Waals surface area contributed by atoms with Gasteiger partial charge in [-0.15, -0.1) is 0 Å². The van der Waals surface area contributed by atoms with Crippen molar-refractivity contribution in [3.8, 4) is 0 Å². The molecule has 106 valence electrons. The van der Waals surface area contributed by atoms with Gasteiger partial charge in [0, 0.05) is 12.6 Å². The summed E-state index contributed by atoms with van der Waals surface area (Å²) in [6, 6.07) is 16.8. The first-order valence-electron chi connectivity index (χ1n) is 6.88. The van der Waals surface area contributed by atoms with E-state index in [1.807, 2.05) is 24.3 Å². The maximum Gasteiger partial charge on any atom is 0.123 e. The zero-order chi connectivity index (χ0) is 14.4. The second-order valence-electron chi connectivity index (χ2n) is 5.17. The van der Waals surface area contributed by atoms with E-state index >= 15 is 0 Å². The van der Waals surface area contributed by atoms with Crippen LogP contribution in [0.4, 0.5) is 4.39 Å². The standard InChI is InChI=1S/C17H21FN2/c1-20(13-14-6-3-2-4-7-14)11-10-17(19)15-8-5-9-16(18)12-15/h2-9,12,17H,10-11,13,19H2,1H3. The molecule has 0 saturated carbocycles. The second-order valence-corrected chi connectivity index (χ2v) is 5.17. The molecular formula is C17H21FN2. The van der Waals surface area contributed by atoms with Gasteiger partial charge in [0.05, 0.1) is 0 Å². The van der Waals surface area contributed by atoms with Crippen LogP contribution >= 0.6 is 0 Å². The van der Waals surface area contributed by atoms with Gasteiger partial charge in [-0.2, -0.15) is 0 Å². The Morgan fingerprint density at radius 3 is 2.55 bits per heavy atom. The van der Waals surface area contributed by atoms with Gasteiger partial charge in [-0.1, -0.05) is 42.5 Å². The van der Waals surface area contributed by atoms with Crippen molar-refractivity contribution in [2.24, 2.45) is 5.73 Å². The van der Waals surface area contributed by atoms with Crippen LogP contribution in [0.3, 0.4) is 0 Å². The van der Waals surface area contributed by atoms with Gasteiger partial charge in [0.15, 0.2) is 0 Å². The summed E-state index contributed by atoms with van der Waals surface area (Å²) in [5.41, 5.74) is 8.26. The van der Waals surface area contributed by atoms with E-state index in [9.17, 15) is 4.39 Å². The Morgan fingerprint density at radius 2 is 1.85 bits per heavy atom. The molecule has 0 fully saturated rings. The lowest BCUT2D eigenvalue weighted by Crippen LogP contribution is -2.23. The average molecular weight is 272 g/mol. The second kappa shape index (κ2) is 7.17. The molecule has 3 heteroatoms. The summed E-state index contributed by atoms with van der Waals surface area (Å²) in [4.78, 5) is 2.23. The Labute approximate surface area is 120 Å². The third-order valence-electron chi connectivity index (χ3n) is 3.39. The van der Waals surface area contributed by atoms with Crippen molar-refractivity contribution in [3.05, 3.63) is 71.5 Å². The highest BCUT2D eigenvalue weighted by atomic mass is 19.1. The molecule has 2 aromatic carbocycles. The largest absolute Gasteiger partial charge is 0.324 e. The number of hydrogen-bond donors (Lipinski definition) is 1. The molecule has 0 bridgehead atoms. The van der Waals surface area contributed by atoms with E-state index in [0.29, 0.717) is 0 Å². The van der Waals surface area contributed by atoms with E-state index in [2.05, 4.69) is 24.1 Å². The smallest absolute Gasteiger partial charge is 0.123 e. The van der Waals surface area contributed by atoms with E-state index in [1.165, 1.54) is 17.7 Å². The maximum atomic E-state index is 13.1. The molecule has 2 aromatic rings. The SMILES string of the molecule is CN(CCC(N)c1cccc(F)c1)Cc1ccccc1. The molecule has 0 amide bonds. The Hall–Kier alpha value is -1.71. The summed E-state index contributed by atoms with van der Waals surface area (Å²) in [6.45, 7) is 1.78. The van der Waals surface area contributed by atoms with Crippen molar-refractivity contribution in [2.45, 2.75) is 19.0 Å². The fourth-order valence-corrected chi connectivity index (χ4v) is 2.24. The van der Waals surface area contributed by atoms with Crippen molar-refractivity contribution < 1.29 is 4.39 Å². The summed E-state index contributed by atoms with van der Waals surface area (Å²) in [5, 5.41) is 0. The first-order chi connectivity index (χ1) is 9.65. The van der Waals surface area contributed by atoms with Crippen LogP contribution in [0.25, 0.3) is 0 Å². The van der Waals surface area contributed by atoms with Gasteiger partial charge in [0.2, 0.25) is 0 Å². The zero-order valence-corrected chi connectivity index (χ0v) is 11.8. The third kappa shape index (κ3) is 4.44. The fourth-order valence-electron chi connectivity index (χ4n) is 2.24. The van der Waals surface area contributed by atoms with Crippen molar-refractivity contribution in [3.63, 3.8) is 0 Å². The van der Waals surface area contributed by atoms with E-state index in [0.717, 1.165) is 25.1 Å². The minimum Gasteiger partial charge on any atom is -0.324 e. The van der Waals surface area contributed by atoms with Crippen LogP contribution in [0.5, 0.6) is 0 Å². The molecule has 1 atom stereocenters. The minimum absolute atomic E-state index is 0.121. The summed E-state index contributed by atoms with van der Waals surface area (Å²) in [6.07, 6.45) is 0.812. The van der Waals surface area contributed by atoms with Gasteiger partial charge in [-0.25, -0.2) is 4.39 Å². The molecule has 0 heterocycles. The van der Waals surface area contributed by atoms with Crippen LogP contribution in [-0.4, -0.2) is 18.5 Å². The van der Waals surface area contributed by atoms with Crippen LogP contribution in [-0.2, 0) is 6.54 Å². The average Bonchev–Trinajstić information content (AvgIpc) is 2.46. The molecule has 2 rings (SSSR count). The first-order valence-corrected chi connectivity index (χ1v) is 6.88. The van der Waals surface area contributed by atoms with Crippen molar-refractivity contribution in [1.82, 2.24) is 4.90 Å². The van der Waals surface area contributed by atoms with Crippen LogP contribution < -0.4 is 5.73 Å². The lowest BCUT2D eigenvalue weighted by Gasteiger charge is -2.19. The van der Waals surface area contributed by atoms with Gasteiger partial charge in [-0.3, -0.25) is 0 Å². The third-order valence-corrected chi connectivity index (χ3v) is 3.39. The van der Waals surface area contributed by atoms with Crippen molar-refractivity contribution >= 4 is 0 Å². The quantitative estimate of drug-likeness (QED) is 0.874. The fraction of sp³-hybridized carbons (Fsp3) is 0.294. The van der Waals surface area contributed by atoms with Crippen LogP contribution in [0, 0.1) is 5.82 Å². The number of rotatable bonds is 6. The predicted octanol–water partition coefficient (Wildman–Crippen LogP) is 3.35. The Kier molecular flexibility index (Phi) is 5.27. The highest BCUT2D eigenvalue weighted by Crippen LogP contribution is 2.15. The number of hydrogen-bond acceptors (Lipinski definition) is 2. The van der Waals surface area contributed by atoms with Gasteiger partial charge in [-0.05, 0) is 43.3 Å². The van der Waals surface area contributed by atoms with Crippen molar-refractivity contribution in [2.75, 3.05) is 13.6 Å². The van der Waals surface area contributed by atoms with Gasteiger partial charge >= 0.3 is 0 Å². The summed E-state index contributed by atoms with van der Waals surface area (Å²) in [5.74, 6) is -0.226. The minimum atomic E-state index is -0.226. The van der Waals surface area contributed by atoms with E-state index < -0.39 is 0 Å². The molecule has 0 aliphatic rings. The Morgan fingerprint density at radius 1 is 1.10 bits per heavy atom. The lowest BCUT2D eigenvalue weighted by molar-refractivity contribution is 0.311. The number of nitrogens with zero attached hydrogens (tertiary/aromatic N) is 1. The summed E-state index contributed by atoms with van der Waals surface area (Å²) in [7, 11) is 2.07. The zero-order valence-electron chi connectivity index (χ0n) is 11.8. The normalized spacial score (nSPS) is 12.6. The number of benzene rings is 2. The molecule has 0 saturated heterocycles. The van der Waals surface area contributed by atoms with Crippen LogP contribution in [0.2, 0.25) is 0 Å². The predicted molar refractivity (Wildman–Crippen MR) is 80.7 cm³/mol. The topological polar surface area (TPSA) is 29.3 Å². The van der Waals surface area contributed by atoms with Gasteiger partial charge in [0.1, 0.15) is 5.82 Å². The molecule has 1 unspecified atom stereocenters. The molecule has 0 radical (unpaired) electrons. The maximum absolute atomic E-state index is 13.1. The molecule has 0 aromatic heterocycles. The van der Waals surface area contributed by atoms with E-state index in [-0.39, 0.29) is 11.9 Å². The van der Waals surface area contributed by atoms with E-state index in [4.69, 9.17) is 5.73 Å². The Bertz CT molecular complexity index is 528. The highest BCUT2D eigenvalue weighted by Gasteiger charge is 2.08. The Balaban J connectivity index is 1.82. The van der Waals surface area contributed by atoms with Crippen LogP contribution in [0.15, 0.2) is 54.6 Å². The van der Waals surface area contributed by atoms with Crippen LogP contribution in [0.1, 0.15) is 23.6 Å². The molecule has 20 heavy (non-hydrogen) atoms. The number of halogens is 1. The monoisotopic (exact) mass is 272 g/mol. The van der Waals surface area contributed by atoms with Gasteiger partial charge < -0.3 is 10.6 Å². The number of nitrogens with two attached hydrogens (primary N) is 1. The summed E-state index contributed by atoms with van der Waals surface area (Å²) < 4.78 is 13.1. The first kappa shape index (κ1) is 14.7. The molecule has 0 aliphatic heterocycles. The highest BCUT2D eigenvalue weighted by molar-refractivity contribution is 5.19. The van der Waals surface area contributed by atoms with Gasteiger partial charge in [0.25, 0.3) is 0 Å². The summed E-state index contributed by atoms with van der Waals surface area (Å²) >= 11 is 0. The molecule has 0 aliphatic carbocycles.